The fourth-order valence-corrected chi connectivity index (χ4v) is 3.69. The molecule has 0 saturated carbocycles. The van der Waals surface area contributed by atoms with Gasteiger partial charge >= 0.3 is 0 Å². The molecule has 0 spiro atoms. The van der Waals surface area contributed by atoms with Crippen LogP contribution in [-0.4, -0.2) is 27.5 Å². The third-order valence-corrected chi connectivity index (χ3v) is 5.07. The molecular formula is C12H16ClFN2O2S. The van der Waals surface area contributed by atoms with E-state index in [0.717, 1.165) is 31.5 Å². The second-order valence-corrected chi connectivity index (χ2v) is 6.70. The normalized spacial score (nSPS) is 19.8. The molecule has 0 aromatic heterocycles. The molecule has 0 amide bonds. The molecule has 0 radical (unpaired) electrons. The maximum atomic E-state index is 13.1. The first kappa shape index (κ1) is 14.7. The van der Waals surface area contributed by atoms with E-state index in [1.807, 2.05) is 0 Å². The highest BCUT2D eigenvalue weighted by Crippen LogP contribution is 2.22. The van der Waals surface area contributed by atoms with Gasteiger partial charge in [-0.1, -0.05) is 11.6 Å². The van der Waals surface area contributed by atoms with Gasteiger partial charge in [0.2, 0.25) is 10.0 Å². The number of rotatable bonds is 5. The van der Waals surface area contributed by atoms with Crippen molar-refractivity contribution >= 4 is 21.6 Å². The van der Waals surface area contributed by atoms with Crippen molar-refractivity contribution in [2.24, 2.45) is 0 Å². The second kappa shape index (κ2) is 6.17. The van der Waals surface area contributed by atoms with Gasteiger partial charge in [0.15, 0.2) is 0 Å². The SMILES string of the molecule is O=S(=O)(NCCC1CCCN1)c1cc(F)ccc1Cl. The topological polar surface area (TPSA) is 58.2 Å². The van der Waals surface area contributed by atoms with E-state index < -0.39 is 15.8 Å². The Kier molecular flexibility index (Phi) is 4.78. The van der Waals surface area contributed by atoms with Crippen LogP contribution in [0.5, 0.6) is 0 Å². The van der Waals surface area contributed by atoms with Gasteiger partial charge in [-0.3, -0.25) is 0 Å². The minimum Gasteiger partial charge on any atom is -0.314 e. The lowest BCUT2D eigenvalue weighted by atomic mass is 10.2. The van der Waals surface area contributed by atoms with Crippen LogP contribution in [0.3, 0.4) is 0 Å². The molecule has 1 aliphatic rings. The molecule has 0 aliphatic carbocycles. The Balaban J connectivity index is 1.99. The van der Waals surface area contributed by atoms with E-state index in [1.165, 1.54) is 6.07 Å². The predicted octanol–water partition coefficient (Wildman–Crippen LogP) is 1.90. The summed E-state index contributed by atoms with van der Waals surface area (Å²) in [6, 6.07) is 3.65. The van der Waals surface area contributed by atoms with Crippen molar-refractivity contribution < 1.29 is 12.8 Å². The smallest absolute Gasteiger partial charge is 0.242 e. The third-order valence-electron chi connectivity index (χ3n) is 3.13. The first-order valence-electron chi connectivity index (χ1n) is 6.17. The van der Waals surface area contributed by atoms with Gasteiger partial charge in [0.05, 0.1) is 5.02 Å². The highest BCUT2D eigenvalue weighted by Gasteiger charge is 2.20. The lowest BCUT2D eigenvalue weighted by Gasteiger charge is -2.12. The fourth-order valence-electron chi connectivity index (χ4n) is 2.13. The first-order valence-corrected chi connectivity index (χ1v) is 8.03. The van der Waals surface area contributed by atoms with Gasteiger partial charge in [-0.25, -0.2) is 17.5 Å². The van der Waals surface area contributed by atoms with Crippen LogP contribution in [0.25, 0.3) is 0 Å². The summed E-state index contributed by atoms with van der Waals surface area (Å²) in [4.78, 5) is -0.214. The zero-order chi connectivity index (χ0) is 13.9. The summed E-state index contributed by atoms with van der Waals surface area (Å²) in [6.07, 6.45) is 2.89. The molecule has 1 saturated heterocycles. The van der Waals surface area contributed by atoms with Crippen molar-refractivity contribution in [1.82, 2.24) is 10.0 Å². The van der Waals surface area contributed by atoms with E-state index >= 15 is 0 Å². The quantitative estimate of drug-likeness (QED) is 0.873. The number of halogens is 2. The minimum atomic E-state index is -3.75. The summed E-state index contributed by atoms with van der Waals surface area (Å²) in [6.45, 7) is 1.29. The first-order chi connectivity index (χ1) is 8.99. The van der Waals surface area contributed by atoms with E-state index in [0.29, 0.717) is 19.0 Å². The lowest BCUT2D eigenvalue weighted by Crippen LogP contribution is -2.30. The molecule has 2 rings (SSSR count). The van der Waals surface area contributed by atoms with Crippen LogP contribution in [0.2, 0.25) is 5.02 Å². The van der Waals surface area contributed by atoms with E-state index in [1.54, 1.807) is 0 Å². The van der Waals surface area contributed by atoms with Crippen molar-refractivity contribution in [1.29, 1.82) is 0 Å². The number of sulfonamides is 1. The largest absolute Gasteiger partial charge is 0.314 e. The minimum absolute atomic E-state index is 0.0212. The highest BCUT2D eigenvalue weighted by molar-refractivity contribution is 7.89. The summed E-state index contributed by atoms with van der Waals surface area (Å²) in [7, 11) is -3.75. The standard InChI is InChI=1S/C12H16ClFN2O2S/c13-11-4-3-9(14)8-12(11)19(17,18)16-7-5-10-2-1-6-15-10/h3-4,8,10,15-16H,1-2,5-7H2. The number of nitrogens with one attached hydrogen (secondary N) is 2. The Labute approximate surface area is 117 Å². The van der Waals surface area contributed by atoms with Crippen molar-refractivity contribution in [3.05, 3.63) is 29.0 Å². The van der Waals surface area contributed by atoms with E-state index in [2.05, 4.69) is 10.0 Å². The van der Waals surface area contributed by atoms with Crippen molar-refractivity contribution in [3.63, 3.8) is 0 Å². The average molecular weight is 307 g/mol. The van der Waals surface area contributed by atoms with E-state index in [-0.39, 0.29) is 9.92 Å². The number of hydrogen-bond donors (Lipinski definition) is 2. The Morgan fingerprint density at radius 2 is 2.26 bits per heavy atom. The van der Waals surface area contributed by atoms with Gasteiger partial charge < -0.3 is 5.32 Å². The van der Waals surface area contributed by atoms with Gasteiger partial charge in [-0.15, -0.1) is 0 Å². The molecule has 1 aromatic rings. The molecular weight excluding hydrogens is 291 g/mol. The summed E-state index contributed by atoms with van der Waals surface area (Å²) in [5.74, 6) is -0.623. The van der Waals surface area contributed by atoms with Gasteiger partial charge in [0.25, 0.3) is 0 Å². The van der Waals surface area contributed by atoms with Crippen LogP contribution in [0.4, 0.5) is 4.39 Å². The number of hydrogen-bond acceptors (Lipinski definition) is 3. The van der Waals surface area contributed by atoms with Gasteiger partial charge in [0.1, 0.15) is 10.7 Å². The molecule has 1 atom stereocenters. The predicted molar refractivity (Wildman–Crippen MR) is 72.2 cm³/mol. The van der Waals surface area contributed by atoms with Crippen molar-refractivity contribution in [3.8, 4) is 0 Å². The van der Waals surface area contributed by atoms with Crippen molar-refractivity contribution in [2.45, 2.75) is 30.2 Å². The van der Waals surface area contributed by atoms with Crippen LogP contribution in [0.15, 0.2) is 23.1 Å². The molecule has 1 aliphatic heterocycles. The van der Waals surface area contributed by atoms with E-state index in [4.69, 9.17) is 11.6 Å². The molecule has 2 N–H and O–H groups in total. The van der Waals surface area contributed by atoms with Crippen molar-refractivity contribution in [2.75, 3.05) is 13.1 Å². The molecule has 106 valence electrons. The van der Waals surface area contributed by atoms with Crippen LogP contribution >= 0.6 is 11.6 Å². The fraction of sp³-hybridized carbons (Fsp3) is 0.500. The third kappa shape index (κ3) is 3.89. The molecule has 1 aromatic carbocycles. The molecule has 7 heteroatoms. The van der Waals surface area contributed by atoms with Gasteiger partial charge in [0, 0.05) is 12.6 Å². The van der Waals surface area contributed by atoms with E-state index in [9.17, 15) is 12.8 Å². The molecule has 4 nitrogen and oxygen atoms in total. The number of benzene rings is 1. The summed E-state index contributed by atoms with van der Waals surface area (Å²) in [5.41, 5.74) is 0. The zero-order valence-electron chi connectivity index (χ0n) is 10.3. The average Bonchev–Trinajstić information content (AvgIpc) is 2.85. The highest BCUT2D eigenvalue weighted by atomic mass is 35.5. The lowest BCUT2D eigenvalue weighted by molar-refractivity contribution is 0.538. The Hall–Kier alpha value is -0.690. The monoisotopic (exact) mass is 306 g/mol. The summed E-state index contributed by atoms with van der Waals surface area (Å²) >= 11 is 5.79. The van der Waals surface area contributed by atoms with Gasteiger partial charge in [-0.05, 0) is 44.0 Å². The molecule has 19 heavy (non-hydrogen) atoms. The Bertz CT molecular complexity index is 545. The summed E-state index contributed by atoms with van der Waals surface area (Å²) in [5, 5.41) is 3.30. The van der Waals surface area contributed by atoms with Gasteiger partial charge in [-0.2, -0.15) is 0 Å². The van der Waals surface area contributed by atoms with Crippen LogP contribution in [-0.2, 0) is 10.0 Å². The molecule has 0 bridgehead atoms. The zero-order valence-corrected chi connectivity index (χ0v) is 11.9. The molecule has 1 unspecified atom stereocenters. The summed E-state index contributed by atoms with van der Waals surface area (Å²) < 4.78 is 39.5. The van der Waals surface area contributed by atoms with Crippen LogP contribution in [0.1, 0.15) is 19.3 Å². The van der Waals surface area contributed by atoms with Crippen LogP contribution in [0, 0.1) is 5.82 Å². The van der Waals surface area contributed by atoms with Crippen LogP contribution < -0.4 is 10.0 Å². The maximum absolute atomic E-state index is 13.1. The molecule has 1 fully saturated rings. The second-order valence-electron chi connectivity index (χ2n) is 4.55. The Morgan fingerprint density at radius 1 is 1.47 bits per heavy atom. The maximum Gasteiger partial charge on any atom is 0.242 e. The molecule has 1 heterocycles. The Morgan fingerprint density at radius 3 is 2.95 bits per heavy atom.